The van der Waals surface area contributed by atoms with Crippen LogP contribution in [0.1, 0.15) is 42.2 Å². The van der Waals surface area contributed by atoms with Crippen molar-refractivity contribution in [3.05, 3.63) is 163 Å². The summed E-state index contributed by atoms with van der Waals surface area (Å²) >= 11 is 25.0. The number of amides is 2. The van der Waals surface area contributed by atoms with E-state index in [-0.39, 0.29) is 17.4 Å². The normalized spacial score (nSPS) is 14.3. The number of carboxylic acid groups (broad SMARTS) is 1. The topological polar surface area (TPSA) is 134 Å². The molecule has 0 spiro atoms. The molecule has 16 heteroatoms. The molecule has 322 valence electrons. The van der Waals surface area contributed by atoms with Gasteiger partial charge < -0.3 is 35.3 Å². The van der Waals surface area contributed by atoms with Crippen LogP contribution in [0.25, 0.3) is 11.1 Å². The monoisotopic (exact) mass is 922 g/mol. The number of nitrogens with zero attached hydrogens (tertiary/aromatic N) is 6. The Balaban J connectivity index is 0.000000177. The Morgan fingerprint density at radius 1 is 0.571 bits per heavy atom. The summed E-state index contributed by atoms with van der Waals surface area (Å²) in [5.41, 5.74) is 6.44. The van der Waals surface area contributed by atoms with Gasteiger partial charge in [0.2, 0.25) is 0 Å². The van der Waals surface area contributed by atoms with Crippen LogP contribution in [-0.4, -0.2) is 95.0 Å². The van der Waals surface area contributed by atoms with Crippen LogP contribution in [0.15, 0.2) is 116 Å². The molecule has 0 atom stereocenters. The van der Waals surface area contributed by atoms with E-state index in [9.17, 15) is 19.5 Å². The highest BCUT2D eigenvalue weighted by atomic mass is 35.5. The summed E-state index contributed by atoms with van der Waals surface area (Å²) in [7, 11) is 0. The van der Waals surface area contributed by atoms with E-state index in [4.69, 9.17) is 46.4 Å². The van der Waals surface area contributed by atoms with Gasteiger partial charge in [-0.3, -0.25) is 9.59 Å². The van der Waals surface area contributed by atoms with E-state index >= 15 is 0 Å². The van der Waals surface area contributed by atoms with Crippen LogP contribution in [0.4, 0.5) is 23.0 Å². The molecule has 0 saturated carbocycles. The Kier molecular flexibility index (Phi) is 13.5. The van der Waals surface area contributed by atoms with Crippen LogP contribution in [0.5, 0.6) is 0 Å². The van der Waals surface area contributed by atoms with Crippen molar-refractivity contribution < 1.29 is 19.5 Å². The molecule has 0 unspecified atom stereocenters. The molecule has 3 N–H and O–H groups in total. The lowest BCUT2D eigenvalue weighted by atomic mass is 10.0. The van der Waals surface area contributed by atoms with E-state index in [2.05, 4.69) is 30.4 Å². The molecule has 0 radical (unpaired) electrons. The minimum atomic E-state index is -0.964. The maximum Gasteiger partial charge on any atom is 0.336 e. The van der Waals surface area contributed by atoms with Crippen LogP contribution < -0.4 is 20.4 Å². The number of anilines is 4. The lowest BCUT2D eigenvalue weighted by Crippen LogP contribution is -2.50. The molecule has 63 heavy (non-hydrogen) atoms. The van der Waals surface area contributed by atoms with Crippen molar-refractivity contribution in [1.29, 1.82) is 0 Å². The average molecular weight is 925 g/mol. The number of carboxylic acids is 1. The van der Waals surface area contributed by atoms with Gasteiger partial charge in [0.05, 0.1) is 22.5 Å². The number of aromatic carboxylic acids is 1. The van der Waals surface area contributed by atoms with E-state index < -0.39 is 5.97 Å². The first-order chi connectivity index (χ1) is 30.5. The summed E-state index contributed by atoms with van der Waals surface area (Å²) in [6.45, 7) is 6.11. The van der Waals surface area contributed by atoms with Gasteiger partial charge in [-0.05, 0) is 83.4 Å². The maximum atomic E-state index is 13.3. The number of pyridine rings is 2. The summed E-state index contributed by atoms with van der Waals surface area (Å²) in [6, 6.07) is 30.9. The molecule has 1 fully saturated rings. The highest BCUT2D eigenvalue weighted by molar-refractivity contribution is 6.34. The molecular formula is C47H42Cl4N8O4. The number of aromatic nitrogens is 2. The van der Waals surface area contributed by atoms with Crippen LogP contribution in [0.2, 0.25) is 20.1 Å². The zero-order chi connectivity index (χ0) is 44.0. The standard InChI is InChI=1S/C26H25Cl2N5O2.C21H17Cl2N3O2/c27-21-6-7-22(28)20(14-21)17-33-9-8-29-24-23(33)15-19(16-30-24)26(35)32-12-10-31(11-13-32)25(34)18-4-2-1-3-5-18;22-15-5-6-18(23)14(9-15)12-26-8-7-24-20-19(26)10-13(11-25-20)16-3-1-2-4-17(16)21(27)28/h1-7,14-16H,8-13,17H2,(H,29,30);1-6,9-11H,7-8,12H2,(H,24,25)(H,27,28). The smallest absolute Gasteiger partial charge is 0.336 e. The van der Waals surface area contributed by atoms with Gasteiger partial charge in [0.1, 0.15) is 11.6 Å². The first-order valence-corrected chi connectivity index (χ1v) is 21.9. The first-order valence-electron chi connectivity index (χ1n) is 20.3. The number of nitrogens with one attached hydrogen (secondary N) is 2. The van der Waals surface area contributed by atoms with E-state index in [0.29, 0.717) is 76.0 Å². The van der Waals surface area contributed by atoms with Crippen molar-refractivity contribution >= 4 is 87.2 Å². The number of carbonyl (C=O) groups is 3. The Morgan fingerprint density at radius 2 is 1.08 bits per heavy atom. The van der Waals surface area contributed by atoms with Gasteiger partial charge in [-0.25, -0.2) is 14.8 Å². The lowest BCUT2D eigenvalue weighted by Gasteiger charge is -2.35. The van der Waals surface area contributed by atoms with E-state index in [1.807, 2.05) is 60.7 Å². The molecule has 12 nitrogen and oxygen atoms in total. The molecule has 3 aliphatic rings. The van der Waals surface area contributed by atoms with Gasteiger partial charge in [0.15, 0.2) is 0 Å². The average Bonchev–Trinajstić information content (AvgIpc) is 3.31. The molecule has 4 aromatic carbocycles. The Morgan fingerprint density at radius 3 is 1.65 bits per heavy atom. The maximum absolute atomic E-state index is 13.3. The number of fused-ring (bicyclic) bond motifs is 2. The molecular weight excluding hydrogens is 882 g/mol. The van der Waals surface area contributed by atoms with Crippen molar-refractivity contribution in [2.45, 2.75) is 13.1 Å². The van der Waals surface area contributed by atoms with Gasteiger partial charge in [0.25, 0.3) is 11.8 Å². The quantitative estimate of drug-likeness (QED) is 0.136. The SMILES string of the molecule is O=C(O)c1ccccc1-c1cnc2c(c1)N(Cc1cc(Cl)ccc1Cl)CCN2.O=C(c1ccccc1)N1CCN(C(=O)c2cnc3c(c2)N(Cc2cc(Cl)ccc2Cl)CCN3)CC1. The highest BCUT2D eigenvalue weighted by Crippen LogP contribution is 2.36. The van der Waals surface area contributed by atoms with Crippen molar-refractivity contribution in [3.8, 4) is 11.1 Å². The number of hydrogen-bond acceptors (Lipinski definition) is 9. The number of halogens is 4. The largest absolute Gasteiger partial charge is 0.478 e. The summed E-state index contributed by atoms with van der Waals surface area (Å²) in [4.78, 5) is 54.6. The Hall–Kier alpha value is -6.05. The molecule has 5 heterocycles. The summed E-state index contributed by atoms with van der Waals surface area (Å²) in [5.74, 6) is 0.451. The van der Waals surface area contributed by atoms with Crippen molar-refractivity contribution in [2.75, 3.05) is 72.8 Å². The van der Waals surface area contributed by atoms with Gasteiger partial charge >= 0.3 is 5.97 Å². The van der Waals surface area contributed by atoms with E-state index in [0.717, 1.165) is 65.9 Å². The van der Waals surface area contributed by atoms with Crippen molar-refractivity contribution in [2.24, 2.45) is 0 Å². The van der Waals surface area contributed by atoms with Crippen LogP contribution in [0, 0.1) is 0 Å². The van der Waals surface area contributed by atoms with Crippen molar-refractivity contribution in [3.63, 3.8) is 0 Å². The Bertz CT molecular complexity index is 2660. The third kappa shape index (κ3) is 10.1. The second kappa shape index (κ2) is 19.6. The zero-order valence-electron chi connectivity index (χ0n) is 33.9. The number of rotatable bonds is 8. The fourth-order valence-electron chi connectivity index (χ4n) is 7.83. The molecule has 6 aromatic rings. The minimum absolute atomic E-state index is 0.00506. The van der Waals surface area contributed by atoms with E-state index in [1.54, 1.807) is 64.7 Å². The zero-order valence-corrected chi connectivity index (χ0v) is 36.9. The third-order valence-electron chi connectivity index (χ3n) is 11.1. The van der Waals surface area contributed by atoms with E-state index in [1.165, 1.54) is 0 Å². The molecule has 1 saturated heterocycles. The number of carbonyl (C=O) groups excluding carboxylic acids is 2. The van der Waals surface area contributed by atoms with Gasteiger partial charge in [0, 0.05) is 109 Å². The fourth-order valence-corrected chi connectivity index (χ4v) is 8.58. The fraction of sp³-hybridized carbons (Fsp3) is 0.213. The molecule has 0 bridgehead atoms. The number of piperazine rings is 1. The molecule has 2 amide bonds. The van der Waals surface area contributed by atoms with Gasteiger partial charge in [-0.1, -0.05) is 82.8 Å². The van der Waals surface area contributed by atoms with Crippen LogP contribution in [0.3, 0.4) is 0 Å². The minimum Gasteiger partial charge on any atom is -0.478 e. The molecule has 2 aromatic heterocycles. The second-order valence-electron chi connectivity index (χ2n) is 15.2. The predicted octanol–water partition coefficient (Wildman–Crippen LogP) is 9.60. The summed E-state index contributed by atoms with van der Waals surface area (Å²) < 4.78 is 0. The Labute approximate surface area is 385 Å². The lowest BCUT2D eigenvalue weighted by molar-refractivity contribution is 0.0535. The third-order valence-corrected chi connectivity index (χ3v) is 12.3. The van der Waals surface area contributed by atoms with Gasteiger partial charge in [-0.15, -0.1) is 0 Å². The van der Waals surface area contributed by atoms with Crippen LogP contribution >= 0.6 is 46.4 Å². The van der Waals surface area contributed by atoms with Crippen LogP contribution in [-0.2, 0) is 13.1 Å². The van der Waals surface area contributed by atoms with Crippen molar-refractivity contribution in [1.82, 2.24) is 19.8 Å². The predicted molar refractivity (Wildman–Crippen MR) is 251 cm³/mol. The first kappa shape index (κ1) is 43.6. The highest BCUT2D eigenvalue weighted by Gasteiger charge is 2.28. The second-order valence-corrected chi connectivity index (χ2v) is 16.8. The number of benzene rings is 4. The molecule has 0 aliphatic carbocycles. The summed E-state index contributed by atoms with van der Waals surface area (Å²) in [5, 5.41) is 18.7. The number of hydrogen-bond donors (Lipinski definition) is 3. The molecule has 9 rings (SSSR count). The van der Waals surface area contributed by atoms with Gasteiger partial charge in [-0.2, -0.15) is 0 Å². The summed E-state index contributed by atoms with van der Waals surface area (Å²) in [6.07, 6.45) is 3.31. The molecule has 3 aliphatic heterocycles.